The molecule has 178 valence electrons. The molecule has 2 fully saturated rings. The summed E-state index contributed by atoms with van der Waals surface area (Å²) in [6.07, 6.45) is 7.08. The highest BCUT2D eigenvalue weighted by Crippen LogP contribution is 2.37. The Morgan fingerprint density at radius 1 is 1.03 bits per heavy atom. The maximum absolute atomic E-state index is 13.0. The lowest BCUT2D eigenvalue weighted by molar-refractivity contribution is -0.138. The van der Waals surface area contributed by atoms with Crippen molar-refractivity contribution in [3.8, 4) is 11.4 Å². The summed E-state index contributed by atoms with van der Waals surface area (Å²) in [5.41, 5.74) is 7.97. The van der Waals surface area contributed by atoms with Crippen molar-refractivity contribution in [2.75, 3.05) is 12.3 Å². The van der Waals surface area contributed by atoms with Gasteiger partial charge in [-0.25, -0.2) is 0 Å². The van der Waals surface area contributed by atoms with Crippen molar-refractivity contribution in [3.05, 3.63) is 29.8 Å². The Labute approximate surface area is 200 Å². The maximum atomic E-state index is 13.0. The van der Waals surface area contributed by atoms with E-state index in [1.807, 2.05) is 0 Å². The lowest BCUT2D eigenvalue weighted by atomic mass is 9.86. The average molecular weight is 470 g/mol. The monoisotopic (exact) mass is 469 g/mol. The van der Waals surface area contributed by atoms with E-state index in [0.29, 0.717) is 19.0 Å². The molecule has 1 atom stereocenters. The van der Waals surface area contributed by atoms with Crippen molar-refractivity contribution >= 4 is 23.6 Å². The van der Waals surface area contributed by atoms with E-state index in [1.54, 1.807) is 4.90 Å². The summed E-state index contributed by atoms with van der Waals surface area (Å²) in [5.74, 6) is 0.631. The van der Waals surface area contributed by atoms with Crippen LogP contribution in [0.15, 0.2) is 29.4 Å². The van der Waals surface area contributed by atoms with Gasteiger partial charge in [-0.3, -0.25) is 14.2 Å². The molecule has 1 aliphatic heterocycles. The molecule has 1 saturated heterocycles. The highest BCUT2D eigenvalue weighted by Gasteiger charge is 2.31. The highest BCUT2D eigenvalue weighted by atomic mass is 32.2. The van der Waals surface area contributed by atoms with Crippen LogP contribution in [0, 0.1) is 0 Å². The van der Waals surface area contributed by atoms with Gasteiger partial charge in [-0.05, 0) is 43.1 Å². The topological polar surface area (TPSA) is 94.1 Å². The SMILES string of the molecule is CC(C)(C)c1ccc(-c2nnc(SCC(=O)N3CCCCC3C(N)=O)n2C2CCCC2)cc1. The minimum Gasteiger partial charge on any atom is -0.368 e. The fraction of sp³-hybridized carbons (Fsp3) is 0.600. The van der Waals surface area contributed by atoms with Gasteiger partial charge in [-0.2, -0.15) is 0 Å². The number of benzene rings is 1. The van der Waals surface area contributed by atoms with Gasteiger partial charge in [0.2, 0.25) is 11.8 Å². The minimum absolute atomic E-state index is 0.0550. The third-order valence-electron chi connectivity index (χ3n) is 6.84. The summed E-state index contributed by atoms with van der Waals surface area (Å²) >= 11 is 1.42. The number of primary amides is 1. The number of carbonyl (C=O) groups excluding carboxylic acids is 2. The van der Waals surface area contributed by atoms with Crippen LogP contribution in [0.5, 0.6) is 0 Å². The number of amides is 2. The summed E-state index contributed by atoms with van der Waals surface area (Å²) in [6, 6.07) is 8.45. The largest absolute Gasteiger partial charge is 0.368 e. The van der Waals surface area contributed by atoms with Crippen LogP contribution in [0.1, 0.15) is 77.3 Å². The average Bonchev–Trinajstić information content (AvgIpc) is 3.46. The van der Waals surface area contributed by atoms with Crippen LogP contribution in [0.3, 0.4) is 0 Å². The summed E-state index contributed by atoms with van der Waals surface area (Å²) in [5, 5.41) is 9.82. The van der Waals surface area contributed by atoms with Gasteiger partial charge in [0.15, 0.2) is 11.0 Å². The summed E-state index contributed by atoms with van der Waals surface area (Å²) in [6.45, 7) is 7.22. The Kier molecular flexibility index (Phi) is 7.12. The predicted octanol–water partition coefficient (Wildman–Crippen LogP) is 4.32. The lowest BCUT2D eigenvalue weighted by Crippen LogP contribution is -2.51. The second-order valence-electron chi connectivity index (χ2n) is 10.2. The molecular weight excluding hydrogens is 434 g/mol. The third kappa shape index (κ3) is 5.26. The van der Waals surface area contributed by atoms with Gasteiger partial charge in [0.05, 0.1) is 5.75 Å². The van der Waals surface area contributed by atoms with Crippen LogP contribution in [-0.2, 0) is 15.0 Å². The number of likely N-dealkylation sites (tertiary alicyclic amines) is 1. The third-order valence-corrected chi connectivity index (χ3v) is 7.77. The van der Waals surface area contributed by atoms with E-state index < -0.39 is 11.9 Å². The molecule has 0 bridgehead atoms. The van der Waals surface area contributed by atoms with Gasteiger partial charge in [-0.15, -0.1) is 10.2 Å². The standard InChI is InChI=1S/C25H35N5O2S/c1-25(2,3)18-13-11-17(12-14-18)23-27-28-24(30(23)19-8-4-5-9-19)33-16-21(31)29-15-7-6-10-20(29)22(26)32/h11-14,19-20H,4-10,15-16H2,1-3H3,(H2,26,32). The number of rotatable bonds is 6. The van der Waals surface area contributed by atoms with E-state index in [-0.39, 0.29) is 17.1 Å². The number of hydrogen-bond acceptors (Lipinski definition) is 5. The first-order valence-electron chi connectivity index (χ1n) is 12.0. The maximum Gasteiger partial charge on any atom is 0.240 e. The minimum atomic E-state index is -0.489. The number of nitrogens with two attached hydrogens (primary N) is 1. The van der Waals surface area contributed by atoms with Crippen LogP contribution in [0.25, 0.3) is 11.4 Å². The number of carbonyl (C=O) groups is 2. The number of hydrogen-bond donors (Lipinski definition) is 1. The predicted molar refractivity (Wildman–Crippen MR) is 131 cm³/mol. The van der Waals surface area contributed by atoms with Gasteiger partial charge in [-0.1, -0.05) is 69.6 Å². The number of piperidine rings is 1. The highest BCUT2D eigenvalue weighted by molar-refractivity contribution is 7.99. The molecule has 1 unspecified atom stereocenters. The van der Waals surface area contributed by atoms with Gasteiger partial charge in [0.1, 0.15) is 6.04 Å². The van der Waals surface area contributed by atoms with E-state index in [0.717, 1.165) is 42.2 Å². The fourth-order valence-corrected chi connectivity index (χ4v) is 5.81. The molecule has 2 aliphatic rings. The number of thioether (sulfide) groups is 1. The van der Waals surface area contributed by atoms with Crippen LogP contribution in [0.2, 0.25) is 0 Å². The van der Waals surface area contributed by atoms with Crippen molar-refractivity contribution in [1.82, 2.24) is 19.7 Å². The molecule has 8 heteroatoms. The molecule has 1 saturated carbocycles. The van der Waals surface area contributed by atoms with Gasteiger partial charge in [0, 0.05) is 18.2 Å². The van der Waals surface area contributed by atoms with Crippen LogP contribution >= 0.6 is 11.8 Å². The van der Waals surface area contributed by atoms with E-state index >= 15 is 0 Å². The van der Waals surface area contributed by atoms with E-state index in [9.17, 15) is 9.59 Å². The molecule has 1 aliphatic carbocycles. The van der Waals surface area contributed by atoms with Crippen LogP contribution in [-0.4, -0.2) is 49.8 Å². The lowest BCUT2D eigenvalue weighted by Gasteiger charge is -2.33. The van der Waals surface area contributed by atoms with Crippen LogP contribution in [0.4, 0.5) is 0 Å². The molecule has 1 aromatic heterocycles. The quantitative estimate of drug-likeness (QED) is 0.636. The molecule has 4 rings (SSSR count). The van der Waals surface area contributed by atoms with Crippen molar-refractivity contribution in [2.45, 2.75) is 88.4 Å². The Morgan fingerprint density at radius 2 is 1.70 bits per heavy atom. The Balaban J connectivity index is 1.55. The first-order valence-corrected chi connectivity index (χ1v) is 13.0. The zero-order valence-electron chi connectivity index (χ0n) is 19.9. The molecule has 2 heterocycles. The second kappa shape index (κ2) is 9.87. The Hall–Kier alpha value is -2.35. The molecule has 7 nitrogen and oxygen atoms in total. The van der Waals surface area contributed by atoms with E-state index in [1.165, 1.54) is 30.2 Å². The van der Waals surface area contributed by atoms with E-state index in [4.69, 9.17) is 5.73 Å². The molecule has 2 N–H and O–H groups in total. The normalized spacial score (nSPS) is 19.7. The second-order valence-corrected chi connectivity index (χ2v) is 11.2. The zero-order valence-corrected chi connectivity index (χ0v) is 20.7. The molecule has 2 amide bonds. The van der Waals surface area contributed by atoms with Crippen molar-refractivity contribution < 1.29 is 9.59 Å². The van der Waals surface area contributed by atoms with Gasteiger partial charge >= 0.3 is 0 Å². The first kappa shape index (κ1) is 23.8. The molecule has 2 aromatic rings. The first-order chi connectivity index (χ1) is 15.8. The molecule has 0 radical (unpaired) electrons. The number of aromatic nitrogens is 3. The van der Waals surface area contributed by atoms with Crippen LogP contribution < -0.4 is 5.73 Å². The zero-order chi connectivity index (χ0) is 23.6. The van der Waals surface area contributed by atoms with Crippen molar-refractivity contribution in [3.63, 3.8) is 0 Å². The van der Waals surface area contributed by atoms with Crippen molar-refractivity contribution in [2.24, 2.45) is 5.73 Å². The van der Waals surface area contributed by atoms with Crippen molar-refractivity contribution in [1.29, 1.82) is 0 Å². The van der Waals surface area contributed by atoms with Gasteiger partial charge in [0.25, 0.3) is 0 Å². The van der Waals surface area contributed by atoms with Gasteiger partial charge < -0.3 is 10.6 Å². The Bertz CT molecular complexity index is 989. The summed E-state index contributed by atoms with van der Waals surface area (Å²) < 4.78 is 2.23. The summed E-state index contributed by atoms with van der Waals surface area (Å²) in [4.78, 5) is 26.4. The fourth-order valence-electron chi connectivity index (χ4n) is 4.92. The molecule has 1 aromatic carbocycles. The molecular formula is C25H35N5O2S. The number of nitrogens with zero attached hydrogens (tertiary/aromatic N) is 4. The molecule has 0 spiro atoms. The van der Waals surface area contributed by atoms with E-state index in [2.05, 4.69) is 59.8 Å². The Morgan fingerprint density at radius 3 is 2.33 bits per heavy atom. The summed E-state index contributed by atoms with van der Waals surface area (Å²) in [7, 11) is 0. The smallest absolute Gasteiger partial charge is 0.240 e. The molecule has 33 heavy (non-hydrogen) atoms.